The Balaban J connectivity index is 2.02. The molecule has 6 heteroatoms. The van der Waals surface area contributed by atoms with Gasteiger partial charge >= 0.3 is 0 Å². The molecule has 0 spiro atoms. The molecule has 3 rings (SSSR count). The first-order valence-corrected chi connectivity index (χ1v) is 5.65. The van der Waals surface area contributed by atoms with Crippen LogP contribution in [0.3, 0.4) is 0 Å². The zero-order valence-electron chi connectivity index (χ0n) is 9.87. The van der Waals surface area contributed by atoms with E-state index < -0.39 is 0 Å². The Kier molecular flexibility index (Phi) is 2.79. The molecule has 0 radical (unpaired) electrons. The average molecular weight is 251 g/mol. The highest BCUT2D eigenvalue weighted by atomic mass is 16.5. The summed E-state index contributed by atoms with van der Waals surface area (Å²) < 4.78 is 4.67. The van der Waals surface area contributed by atoms with Crippen molar-refractivity contribution in [3.63, 3.8) is 0 Å². The van der Waals surface area contributed by atoms with Gasteiger partial charge in [-0.2, -0.15) is 10.2 Å². The van der Waals surface area contributed by atoms with Crippen LogP contribution >= 0.6 is 0 Å². The first-order valence-electron chi connectivity index (χ1n) is 5.65. The third-order valence-electron chi connectivity index (χ3n) is 2.73. The SMILES string of the molecule is N#Cc1cnc2ccccc2c1NCc1ncon1. The van der Waals surface area contributed by atoms with E-state index in [0.717, 1.165) is 16.6 Å². The van der Waals surface area contributed by atoms with Gasteiger partial charge in [0, 0.05) is 11.6 Å². The van der Waals surface area contributed by atoms with Gasteiger partial charge in [-0.1, -0.05) is 23.4 Å². The molecule has 92 valence electrons. The van der Waals surface area contributed by atoms with Crippen LogP contribution in [0.2, 0.25) is 0 Å². The van der Waals surface area contributed by atoms with Gasteiger partial charge in [0.2, 0.25) is 6.39 Å². The molecule has 0 aliphatic rings. The largest absolute Gasteiger partial charge is 0.376 e. The number of anilines is 1. The fourth-order valence-electron chi connectivity index (χ4n) is 1.85. The van der Waals surface area contributed by atoms with E-state index in [4.69, 9.17) is 5.26 Å². The van der Waals surface area contributed by atoms with E-state index in [1.165, 1.54) is 6.39 Å². The lowest BCUT2D eigenvalue weighted by molar-refractivity contribution is 0.411. The monoisotopic (exact) mass is 251 g/mol. The highest BCUT2D eigenvalue weighted by molar-refractivity contribution is 5.93. The van der Waals surface area contributed by atoms with Crippen molar-refractivity contribution in [3.05, 3.63) is 48.2 Å². The minimum absolute atomic E-state index is 0.388. The summed E-state index contributed by atoms with van der Waals surface area (Å²) in [4.78, 5) is 8.17. The van der Waals surface area contributed by atoms with Gasteiger partial charge in [0.25, 0.3) is 0 Å². The van der Waals surface area contributed by atoms with Gasteiger partial charge in [0.05, 0.1) is 23.3 Å². The van der Waals surface area contributed by atoms with Crippen molar-refractivity contribution >= 4 is 16.6 Å². The molecule has 0 bridgehead atoms. The van der Waals surface area contributed by atoms with Crippen molar-refractivity contribution in [2.24, 2.45) is 0 Å². The van der Waals surface area contributed by atoms with Crippen LogP contribution in [-0.2, 0) is 6.54 Å². The van der Waals surface area contributed by atoms with Gasteiger partial charge in [0.1, 0.15) is 6.07 Å². The quantitative estimate of drug-likeness (QED) is 0.766. The molecule has 0 saturated carbocycles. The second-order valence-electron chi connectivity index (χ2n) is 3.88. The summed E-state index contributed by atoms with van der Waals surface area (Å²) >= 11 is 0. The molecule has 0 amide bonds. The van der Waals surface area contributed by atoms with E-state index in [2.05, 4.69) is 31.0 Å². The van der Waals surface area contributed by atoms with Crippen molar-refractivity contribution in [1.82, 2.24) is 15.1 Å². The maximum atomic E-state index is 9.16. The van der Waals surface area contributed by atoms with Crippen LogP contribution < -0.4 is 5.32 Å². The minimum atomic E-state index is 0.388. The van der Waals surface area contributed by atoms with Crippen LogP contribution in [0.1, 0.15) is 11.4 Å². The lowest BCUT2D eigenvalue weighted by Gasteiger charge is -2.09. The van der Waals surface area contributed by atoms with Crippen molar-refractivity contribution in [2.75, 3.05) is 5.32 Å². The van der Waals surface area contributed by atoms with Gasteiger partial charge in [-0.15, -0.1) is 0 Å². The smallest absolute Gasteiger partial charge is 0.213 e. The van der Waals surface area contributed by atoms with E-state index in [1.54, 1.807) is 6.20 Å². The third-order valence-corrected chi connectivity index (χ3v) is 2.73. The number of rotatable bonds is 3. The predicted octanol–water partition coefficient (Wildman–Crippen LogP) is 2.10. The number of aromatic nitrogens is 3. The highest BCUT2D eigenvalue weighted by Gasteiger charge is 2.09. The maximum absolute atomic E-state index is 9.16. The number of hydrogen-bond acceptors (Lipinski definition) is 6. The van der Waals surface area contributed by atoms with E-state index in [9.17, 15) is 0 Å². The highest BCUT2D eigenvalue weighted by Crippen LogP contribution is 2.25. The second kappa shape index (κ2) is 4.74. The Bertz CT molecular complexity index is 745. The molecular weight excluding hydrogens is 242 g/mol. The molecule has 0 saturated heterocycles. The number of hydrogen-bond donors (Lipinski definition) is 1. The summed E-state index contributed by atoms with van der Waals surface area (Å²) in [6.45, 7) is 0.388. The van der Waals surface area contributed by atoms with Crippen molar-refractivity contribution in [1.29, 1.82) is 5.26 Å². The zero-order valence-corrected chi connectivity index (χ0v) is 9.87. The minimum Gasteiger partial charge on any atom is -0.376 e. The summed E-state index contributed by atoms with van der Waals surface area (Å²) in [6, 6.07) is 9.76. The normalized spacial score (nSPS) is 10.3. The maximum Gasteiger partial charge on any atom is 0.213 e. The van der Waals surface area contributed by atoms with Gasteiger partial charge < -0.3 is 9.84 Å². The summed E-state index contributed by atoms with van der Waals surface area (Å²) in [5.41, 5.74) is 2.05. The molecule has 3 aromatic rings. The lowest BCUT2D eigenvalue weighted by atomic mass is 10.1. The van der Waals surface area contributed by atoms with Crippen LogP contribution in [-0.4, -0.2) is 15.1 Å². The Morgan fingerprint density at radius 3 is 2.95 bits per heavy atom. The van der Waals surface area contributed by atoms with Crippen molar-refractivity contribution in [2.45, 2.75) is 6.54 Å². The molecule has 0 aliphatic heterocycles. The fourth-order valence-corrected chi connectivity index (χ4v) is 1.85. The summed E-state index contributed by atoms with van der Waals surface area (Å²) in [6.07, 6.45) is 2.83. The van der Waals surface area contributed by atoms with Gasteiger partial charge in [0.15, 0.2) is 5.82 Å². The van der Waals surface area contributed by atoms with E-state index in [1.807, 2.05) is 24.3 Å². The van der Waals surface area contributed by atoms with E-state index in [-0.39, 0.29) is 0 Å². The Morgan fingerprint density at radius 1 is 1.26 bits per heavy atom. The van der Waals surface area contributed by atoms with Crippen LogP contribution in [0, 0.1) is 11.3 Å². The van der Waals surface area contributed by atoms with Crippen LogP contribution in [0.25, 0.3) is 10.9 Å². The number of pyridine rings is 1. The first-order chi connectivity index (χ1) is 9.38. The molecule has 2 aromatic heterocycles. The van der Waals surface area contributed by atoms with Crippen molar-refractivity contribution in [3.8, 4) is 6.07 Å². The number of fused-ring (bicyclic) bond motifs is 1. The number of para-hydroxylation sites is 1. The molecule has 0 aliphatic carbocycles. The molecular formula is C13H9N5O. The Morgan fingerprint density at radius 2 is 2.16 bits per heavy atom. The van der Waals surface area contributed by atoms with E-state index >= 15 is 0 Å². The Labute approximate surface area is 108 Å². The topological polar surface area (TPSA) is 87.6 Å². The average Bonchev–Trinajstić information content (AvgIpc) is 2.97. The summed E-state index contributed by atoms with van der Waals surface area (Å²) in [5, 5.41) is 16.9. The number of nitriles is 1. The molecule has 19 heavy (non-hydrogen) atoms. The zero-order chi connectivity index (χ0) is 13.1. The number of benzene rings is 1. The molecule has 0 unspecified atom stereocenters. The first kappa shape index (κ1) is 11.2. The van der Waals surface area contributed by atoms with Crippen LogP contribution in [0.15, 0.2) is 41.4 Å². The number of nitrogens with one attached hydrogen (secondary N) is 1. The van der Waals surface area contributed by atoms with Crippen molar-refractivity contribution < 1.29 is 4.52 Å². The molecule has 0 atom stereocenters. The fraction of sp³-hybridized carbons (Fsp3) is 0.0769. The van der Waals surface area contributed by atoms with Gasteiger partial charge in [-0.25, -0.2) is 0 Å². The summed E-state index contributed by atoms with van der Waals surface area (Å²) in [5.74, 6) is 0.532. The molecule has 2 heterocycles. The second-order valence-corrected chi connectivity index (χ2v) is 3.88. The van der Waals surface area contributed by atoms with Gasteiger partial charge in [-0.05, 0) is 6.07 Å². The predicted molar refractivity (Wildman–Crippen MR) is 68.1 cm³/mol. The molecule has 6 nitrogen and oxygen atoms in total. The molecule has 1 N–H and O–H groups in total. The summed E-state index contributed by atoms with van der Waals surface area (Å²) in [7, 11) is 0. The van der Waals surface area contributed by atoms with E-state index in [0.29, 0.717) is 17.9 Å². The number of nitrogens with zero attached hydrogens (tertiary/aromatic N) is 4. The molecule has 1 aromatic carbocycles. The van der Waals surface area contributed by atoms with Crippen LogP contribution in [0.5, 0.6) is 0 Å². The molecule has 0 fully saturated rings. The standard InChI is InChI=1S/C13H9N5O/c14-5-9-6-15-11-4-2-1-3-10(11)13(9)16-7-12-17-8-19-18-12/h1-4,6,8H,7H2,(H,15,16). The Hall–Kier alpha value is -2.94. The lowest BCUT2D eigenvalue weighted by Crippen LogP contribution is -2.04. The third kappa shape index (κ3) is 2.09. The van der Waals surface area contributed by atoms with Crippen LogP contribution in [0.4, 0.5) is 5.69 Å². The van der Waals surface area contributed by atoms with Gasteiger partial charge in [-0.3, -0.25) is 4.98 Å².